The molecule has 0 saturated heterocycles. The van der Waals surface area contributed by atoms with Gasteiger partial charge in [-0.3, -0.25) is 4.79 Å². The van der Waals surface area contributed by atoms with Gasteiger partial charge < -0.3 is 4.57 Å². The summed E-state index contributed by atoms with van der Waals surface area (Å²) >= 11 is 1.22. The van der Waals surface area contributed by atoms with E-state index in [1.165, 1.54) is 17.8 Å². The lowest BCUT2D eigenvalue weighted by Gasteiger charge is -2.21. The molecule has 5 nitrogen and oxygen atoms in total. The first-order valence-corrected chi connectivity index (χ1v) is 10.3. The second-order valence-electron chi connectivity index (χ2n) is 7.07. The van der Waals surface area contributed by atoms with Crippen LogP contribution in [0.3, 0.4) is 0 Å². The van der Waals surface area contributed by atoms with Crippen molar-refractivity contribution in [2.24, 2.45) is 12.1 Å². The summed E-state index contributed by atoms with van der Waals surface area (Å²) in [5, 5.41) is 4.02. The van der Waals surface area contributed by atoms with E-state index >= 15 is 0 Å². The van der Waals surface area contributed by atoms with Crippen LogP contribution in [0.5, 0.6) is 0 Å². The van der Waals surface area contributed by atoms with Crippen LogP contribution in [0.2, 0.25) is 0 Å². The van der Waals surface area contributed by atoms with Crippen LogP contribution in [0.25, 0.3) is 22.4 Å². The molecule has 0 fully saturated rings. The molecule has 0 aliphatic carbocycles. The zero-order chi connectivity index (χ0) is 21.5. The number of carbonyl (C=O) groups is 1. The van der Waals surface area contributed by atoms with Crippen molar-refractivity contribution < 1.29 is 18.0 Å². The van der Waals surface area contributed by atoms with Crippen LogP contribution in [0.1, 0.15) is 30.9 Å². The molecule has 0 radical (unpaired) electrons. The smallest absolute Gasteiger partial charge is 0.327 e. The highest BCUT2D eigenvalue weighted by atomic mass is 32.2. The minimum atomic E-state index is -4.41. The van der Waals surface area contributed by atoms with Gasteiger partial charge in [0.2, 0.25) is 0 Å². The molecule has 1 aromatic heterocycles. The van der Waals surface area contributed by atoms with Crippen molar-refractivity contribution in [3.8, 4) is 11.4 Å². The van der Waals surface area contributed by atoms with E-state index in [1.54, 1.807) is 17.7 Å². The average Bonchev–Trinajstić information content (AvgIpc) is 3.04. The Kier molecular flexibility index (Phi) is 5.31. The van der Waals surface area contributed by atoms with E-state index in [-0.39, 0.29) is 10.5 Å². The van der Waals surface area contributed by atoms with Gasteiger partial charge >= 0.3 is 6.18 Å². The van der Waals surface area contributed by atoms with Gasteiger partial charge in [0.25, 0.3) is 5.24 Å². The number of halogens is 3. The summed E-state index contributed by atoms with van der Waals surface area (Å²) in [6, 6.07) is 10.8. The third kappa shape index (κ3) is 3.81. The number of hydrazone groups is 1. The van der Waals surface area contributed by atoms with Gasteiger partial charge in [0, 0.05) is 18.2 Å². The Hall–Kier alpha value is -2.81. The number of fused-ring (bicyclic) bond motifs is 1. The van der Waals surface area contributed by atoms with E-state index in [0.717, 1.165) is 41.8 Å². The topological polar surface area (TPSA) is 59.3 Å². The lowest BCUT2D eigenvalue weighted by atomic mass is 10.0. The highest BCUT2D eigenvalue weighted by Crippen LogP contribution is 2.33. The zero-order valence-electron chi connectivity index (χ0n) is 16.3. The predicted molar refractivity (Wildman–Crippen MR) is 113 cm³/mol. The lowest BCUT2D eigenvalue weighted by molar-refractivity contribution is -0.137. The summed E-state index contributed by atoms with van der Waals surface area (Å²) in [5.41, 5.74) is 5.26. The average molecular weight is 432 g/mol. The van der Waals surface area contributed by atoms with Gasteiger partial charge in [-0.2, -0.15) is 18.3 Å². The fourth-order valence-corrected chi connectivity index (χ4v) is 4.56. The molecular formula is C21H19F3N4OS. The van der Waals surface area contributed by atoms with E-state index in [1.807, 2.05) is 25.1 Å². The summed E-state index contributed by atoms with van der Waals surface area (Å²) in [7, 11) is 1.78. The van der Waals surface area contributed by atoms with Gasteiger partial charge in [-0.25, -0.2) is 10.4 Å². The van der Waals surface area contributed by atoms with Crippen LogP contribution < -0.4 is 5.43 Å². The number of alkyl halides is 3. The second-order valence-corrected chi connectivity index (χ2v) is 8.24. The lowest BCUT2D eigenvalue weighted by Crippen LogP contribution is -2.31. The van der Waals surface area contributed by atoms with E-state index in [0.29, 0.717) is 16.9 Å². The maximum absolute atomic E-state index is 13.1. The van der Waals surface area contributed by atoms with Gasteiger partial charge in [0.15, 0.2) is 0 Å². The number of imidazole rings is 1. The van der Waals surface area contributed by atoms with Crippen LogP contribution in [0, 0.1) is 0 Å². The minimum Gasteiger partial charge on any atom is -0.327 e. The number of rotatable bonds is 4. The van der Waals surface area contributed by atoms with Crippen molar-refractivity contribution in [1.82, 2.24) is 15.0 Å². The predicted octanol–water partition coefficient (Wildman–Crippen LogP) is 5.59. The molecule has 0 spiro atoms. The molecule has 1 unspecified atom stereocenters. The molecule has 4 rings (SSSR count). The Morgan fingerprint density at radius 2 is 1.97 bits per heavy atom. The molecule has 1 amide bonds. The van der Waals surface area contributed by atoms with Crippen LogP contribution in [0.4, 0.5) is 18.0 Å². The monoisotopic (exact) mass is 432 g/mol. The van der Waals surface area contributed by atoms with Crippen molar-refractivity contribution in [3.05, 3.63) is 53.6 Å². The maximum Gasteiger partial charge on any atom is 0.416 e. The number of amides is 1. The second kappa shape index (κ2) is 7.79. The molecule has 30 heavy (non-hydrogen) atoms. The fraction of sp³-hybridized carbons (Fsp3) is 0.286. The Bertz CT molecular complexity index is 1150. The molecule has 1 N–H and O–H groups in total. The van der Waals surface area contributed by atoms with Gasteiger partial charge in [0.1, 0.15) is 5.82 Å². The fourth-order valence-electron chi connectivity index (χ4n) is 3.55. The van der Waals surface area contributed by atoms with Crippen molar-refractivity contribution in [1.29, 1.82) is 0 Å². The summed E-state index contributed by atoms with van der Waals surface area (Å²) in [5.74, 6) is 0.451. The van der Waals surface area contributed by atoms with Gasteiger partial charge in [0.05, 0.1) is 27.6 Å². The Morgan fingerprint density at radius 1 is 1.17 bits per heavy atom. The van der Waals surface area contributed by atoms with Crippen molar-refractivity contribution >= 4 is 33.7 Å². The number of hydrogen-bond acceptors (Lipinski definition) is 4. The molecule has 1 aliphatic rings. The number of thioether (sulfide) groups is 1. The highest BCUT2D eigenvalue weighted by Gasteiger charge is 2.31. The minimum absolute atomic E-state index is 0.0483. The summed E-state index contributed by atoms with van der Waals surface area (Å²) in [4.78, 5) is 16.3. The Labute approximate surface area is 175 Å². The van der Waals surface area contributed by atoms with Crippen molar-refractivity contribution in [2.45, 2.75) is 31.2 Å². The first kappa shape index (κ1) is 20.5. The van der Waals surface area contributed by atoms with Gasteiger partial charge in [-0.05, 0) is 30.7 Å². The van der Waals surface area contributed by atoms with Crippen molar-refractivity contribution in [2.75, 3.05) is 0 Å². The quantitative estimate of drug-likeness (QED) is 0.585. The third-order valence-corrected chi connectivity index (χ3v) is 6.05. The SMILES string of the molecule is CCCC1SC(=O)NN=C1c1ccc2c(c1)nc(-c1cccc(C(F)(F)F)c1)n2C. The number of benzene rings is 2. The number of aromatic nitrogens is 2. The van der Waals surface area contributed by atoms with E-state index < -0.39 is 11.7 Å². The normalized spacial score (nSPS) is 17.2. The summed E-state index contributed by atoms with van der Waals surface area (Å²) < 4.78 is 41.1. The van der Waals surface area contributed by atoms with E-state index in [4.69, 9.17) is 0 Å². The molecule has 1 atom stereocenters. The van der Waals surface area contributed by atoms with E-state index in [9.17, 15) is 18.0 Å². The molecule has 156 valence electrons. The molecule has 0 saturated carbocycles. The standard InChI is InChI=1S/C21H19F3N4OS/c1-3-5-17-18(26-27-20(29)30-17)12-8-9-16-15(11-12)25-19(28(16)2)13-6-4-7-14(10-13)21(22,23)24/h4,6-11,17H,3,5H2,1-2H3,(H,27,29). The number of nitrogens with zero attached hydrogens (tertiary/aromatic N) is 3. The highest BCUT2D eigenvalue weighted by molar-refractivity contribution is 8.14. The number of aryl methyl sites for hydroxylation is 1. The van der Waals surface area contributed by atoms with Crippen LogP contribution in [-0.4, -0.2) is 25.8 Å². The first-order chi connectivity index (χ1) is 14.3. The molecule has 1 aliphatic heterocycles. The van der Waals surface area contributed by atoms with Crippen LogP contribution >= 0.6 is 11.8 Å². The zero-order valence-corrected chi connectivity index (χ0v) is 17.1. The first-order valence-electron chi connectivity index (χ1n) is 9.46. The van der Waals surface area contributed by atoms with Gasteiger partial charge in [-0.1, -0.05) is 43.3 Å². The molecule has 3 aromatic rings. The number of hydrogen-bond donors (Lipinski definition) is 1. The number of carbonyl (C=O) groups excluding carboxylic acids is 1. The molecule has 2 heterocycles. The number of nitrogens with one attached hydrogen (secondary N) is 1. The molecule has 0 bridgehead atoms. The Balaban J connectivity index is 1.76. The largest absolute Gasteiger partial charge is 0.416 e. The van der Waals surface area contributed by atoms with E-state index in [2.05, 4.69) is 15.5 Å². The third-order valence-electron chi connectivity index (χ3n) is 5.00. The van der Waals surface area contributed by atoms with Crippen LogP contribution in [0.15, 0.2) is 47.6 Å². The molecule has 9 heteroatoms. The molecule has 2 aromatic carbocycles. The summed E-state index contributed by atoms with van der Waals surface area (Å²) in [6.45, 7) is 2.05. The van der Waals surface area contributed by atoms with Gasteiger partial charge in [-0.15, -0.1) is 0 Å². The Morgan fingerprint density at radius 3 is 2.70 bits per heavy atom. The van der Waals surface area contributed by atoms with Crippen LogP contribution in [-0.2, 0) is 13.2 Å². The summed E-state index contributed by atoms with van der Waals surface area (Å²) in [6.07, 6.45) is -2.69. The maximum atomic E-state index is 13.1. The molecular weight excluding hydrogens is 413 g/mol. The van der Waals surface area contributed by atoms with Crippen molar-refractivity contribution in [3.63, 3.8) is 0 Å².